The van der Waals surface area contributed by atoms with Gasteiger partial charge in [0.25, 0.3) is 0 Å². The molecule has 2 unspecified atom stereocenters. The van der Waals surface area contributed by atoms with Gasteiger partial charge in [-0.2, -0.15) is 0 Å². The van der Waals surface area contributed by atoms with Gasteiger partial charge in [-0.05, 0) is 39.2 Å². The lowest BCUT2D eigenvalue weighted by molar-refractivity contribution is -0.137. The largest absolute Gasteiger partial charge is 0.481 e. The zero-order valence-electron chi connectivity index (χ0n) is 11.5. The number of hydrogen-bond acceptors (Lipinski definition) is 4. The molecular weight excluding hydrogens is 242 g/mol. The molecule has 1 aliphatic rings. The number of nitrogens with zero attached hydrogens (tertiary/aromatic N) is 3. The van der Waals surface area contributed by atoms with E-state index < -0.39 is 5.97 Å². The van der Waals surface area contributed by atoms with E-state index in [0.717, 1.165) is 37.3 Å². The average molecular weight is 263 g/mol. The third-order valence-electron chi connectivity index (χ3n) is 3.95. The second-order valence-corrected chi connectivity index (χ2v) is 5.29. The summed E-state index contributed by atoms with van der Waals surface area (Å²) in [6.45, 7) is 6.11. The number of carboxylic acid groups (broad SMARTS) is 1. The summed E-state index contributed by atoms with van der Waals surface area (Å²) in [6, 6.07) is 0.253. The molecule has 2 heterocycles. The SMILES string of the molecule is Cc1nccnc1C(C)N1CCC(CCC(=O)O)C1. The van der Waals surface area contributed by atoms with E-state index in [2.05, 4.69) is 21.8 Å². The van der Waals surface area contributed by atoms with Crippen LogP contribution in [-0.4, -0.2) is 39.0 Å². The molecule has 1 aliphatic heterocycles. The molecule has 2 atom stereocenters. The Morgan fingerprint density at radius 3 is 2.95 bits per heavy atom. The molecule has 1 N–H and O–H groups in total. The number of aliphatic carboxylic acids is 1. The molecule has 0 bridgehead atoms. The predicted molar refractivity (Wildman–Crippen MR) is 71.7 cm³/mol. The van der Waals surface area contributed by atoms with Gasteiger partial charge in [-0.15, -0.1) is 0 Å². The highest BCUT2D eigenvalue weighted by Gasteiger charge is 2.28. The van der Waals surface area contributed by atoms with Crippen LogP contribution in [0.15, 0.2) is 12.4 Å². The molecule has 1 aromatic heterocycles. The van der Waals surface area contributed by atoms with Crippen molar-refractivity contribution in [1.82, 2.24) is 14.9 Å². The molecular formula is C14H21N3O2. The number of rotatable bonds is 5. The Kier molecular flexibility index (Phi) is 4.47. The zero-order chi connectivity index (χ0) is 13.8. The molecule has 104 valence electrons. The van der Waals surface area contributed by atoms with Crippen molar-refractivity contribution in [1.29, 1.82) is 0 Å². The standard InChI is InChI=1S/C14H21N3O2/c1-10-14(16-7-6-15-10)11(2)17-8-5-12(9-17)3-4-13(18)19/h6-7,11-12H,3-5,8-9H2,1-2H3,(H,18,19). The Morgan fingerprint density at radius 1 is 1.53 bits per heavy atom. The number of hydrogen-bond donors (Lipinski definition) is 1. The maximum Gasteiger partial charge on any atom is 0.303 e. The monoisotopic (exact) mass is 263 g/mol. The van der Waals surface area contributed by atoms with Crippen LogP contribution in [0.4, 0.5) is 0 Å². The van der Waals surface area contributed by atoms with Crippen molar-refractivity contribution in [3.05, 3.63) is 23.8 Å². The summed E-state index contributed by atoms with van der Waals surface area (Å²) in [7, 11) is 0. The molecule has 19 heavy (non-hydrogen) atoms. The molecule has 5 heteroatoms. The highest BCUT2D eigenvalue weighted by atomic mass is 16.4. The first kappa shape index (κ1) is 13.9. The number of aromatic nitrogens is 2. The van der Waals surface area contributed by atoms with Crippen molar-refractivity contribution in [3.63, 3.8) is 0 Å². The number of aryl methyl sites for hydroxylation is 1. The summed E-state index contributed by atoms with van der Waals surface area (Å²) < 4.78 is 0. The molecule has 0 spiro atoms. The summed E-state index contributed by atoms with van der Waals surface area (Å²) in [5.41, 5.74) is 2.00. The Hall–Kier alpha value is -1.49. The number of carboxylic acids is 1. The van der Waals surface area contributed by atoms with Crippen LogP contribution in [0.5, 0.6) is 0 Å². The van der Waals surface area contributed by atoms with Gasteiger partial charge in [0.1, 0.15) is 0 Å². The van der Waals surface area contributed by atoms with Crippen molar-refractivity contribution >= 4 is 5.97 Å². The molecule has 0 aromatic carbocycles. The molecule has 1 fully saturated rings. The highest BCUT2D eigenvalue weighted by Crippen LogP contribution is 2.29. The van der Waals surface area contributed by atoms with Crippen LogP contribution in [0.1, 0.15) is 43.6 Å². The maximum absolute atomic E-state index is 10.6. The first-order chi connectivity index (χ1) is 9.08. The van der Waals surface area contributed by atoms with E-state index in [0.29, 0.717) is 5.92 Å². The van der Waals surface area contributed by atoms with Gasteiger partial charge in [-0.3, -0.25) is 19.7 Å². The van der Waals surface area contributed by atoms with Crippen LogP contribution in [-0.2, 0) is 4.79 Å². The quantitative estimate of drug-likeness (QED) is 0.880. The number of likely N-dealkylation sites (tertiary alicyclic amines) is 1. The lowest BCUT2D eigenvalue weighted by Crippen LogP contribution is -2.26. The second-order valence-electron chi connectivity index (χ2n) is 5.29. The summed E-state index contributed by atoms with van der Waals surface area (Å²) in [5, 5.41) is 8.73. The molecule has 1 aromatic rings. The fourth-order valence-electron chi connectivity index (χ4n) is 2.78. The van der Waals surface area contributed by atoms with E-state index in [9.17, 15) is 4.79 Å². The van der Waals surface area contributed by atoms with Crippen molar-refractivity contribution in [2.24, 2.45) is 5.92 Å². The predicted octanol–water partition coefficient (Wildman–Crippen LogP) is 2.03. The summed E-state index contributed by atoms with van der Waals surface area (Å²) in [6.07, 6.45) is 5.58. The minimum Gasteiger partial charge on any atom is -0.481 e. The highest BCUT2D eigenvalue weighted by molar-refractivity contribution is 5.66. The van der Waals surface area contributed by atoms with E-state index in [-0.39, 0.29) is 12.5 Å². The van der Waals surface area contributed by atoms with Crippen molar-refractivity contribution < 1.29 is 9.90 Å². The van der Waals surface area contributed by atoms with E-state index in [1.807, 2.05) is 6.92 Å². The average Bonchev–Trinajstić information content (AvgIpc) is 2.85. The summed E-state index contributed by atoms with van der Waals surface area (Å²) >= 11 is 0. The lowest BCUT2D eigenvalue weighted by atomic mass is 10.0. The van der Waals surface area contributed by atoms with Gasteiger partial charge in [0.2, 0.25) is 0 Å². The van der Waals surface area contributed by atoms with Crippen LogP contribution in [0.25, 0.3) is 0 Å². The van der Waals surface area contributed by atoms with Crippen LogP contribution in [0.3, 0.4) is 0 Å². The Labute approximate surface area is 113 Å². The Morgan fingerprint density at radius 2 is 2.26 bits per heavy atom. The van der Waals surface area contributed by atoms with Crippen molar-refractivity contribution in [2.75, 3.05) is 13.1 Å². The Bertz CT molecular complexity index is 450. The van der Waals surface area contributed by atoms with Gasteiger partial charge in [-0.1, -0.05) is 0 Å². The van der Waals surface area contributed by atoms with Gasteiger partial charge in [-0.25, -0.2) is 0 Å². The second kappa shape index (κ2) is 6.10. The van der Waals surface area contributed by atoms with E-state index in [4.69, 9.17) is 5.11 Å². The maximum atomic E-state index is 10.6. The Balaban J connectivity index is 1.93. The molecule has 2 rings (SSSR count). The fraction of sp³-hybridized carbons (Fsp3) is 0.643. The van der Waals surface area contributed by atoms with Gasteiger partial charge < -0.3 is 5.11 Å². The first-order valence-corrected chi connectivity index (χ1v) is 6.81. The van der Waals surface area contributed by atoms with Gasteiger partial charge in [0.05, 0.1) is 17.4 Å². The van der Waals surface area contributed by atoms with E-state index in [1.54, 1.807) is 12.4 Å². The van der Waals surface area contributed by atoms with E-state index in [1.165, 1.54) is 0 Å². The normalized spacial score (nSPS) is 21.5. The van der Waals surface area contributed by atoms with Gasteiger partial charge in [0, 0.05) is 25.4 Å². The third-order valence-corrected chi connectivity index (χ3v) is 3.95. The first-order valence-electron chi connectivity index (χ1n) is 6.81. The van der Waals surface area contributed by atoms with Crippen LogP contribution in [0.2, 0.25) is 0 Å². The summed E-state index contributed by atoms with van der Waals surface area (Å²) in [5.74, 6) is -0.202. The summed E-state index contributed by atoms with van der Waals surface area (Å²) in [4.78, 5) is 21.7. The minimum absolute atomic E-state index is 0.253. The van der Waals surface area contributed by atoms with Gasteiger partial charge >= 0.3 is 5.97 Å². The molecule has 5 nitrogen and oxygen atoms in total. The van der Waals surface area contributed by atoms with Crippen molar-refractivity contribution in [3.8, 4) is 0 Å². The topological polar surface area (TPSA) is 66.3 Å². The fourth-order valence-corrected chi connectivity index (χ4v) is 2.78. The molecule has 0 amide bonds. The molecule has 1 saturated heterocycles. The minimum atomic E-state index is -0.698. The van der Waals surface area contributed by atoms with Crippen LogP contribution in [0, 0.1) is 12.8 Å². The smallest absolute Gasteiger partial charge is 0.303 e. The van der Waals surface area contributed by atoms with Crippen LogP contribution >= 0.6 is 0 Å². The van der Waals surface area contributed by atoms with E-state index >= 15 is 0 Å². The molecule has 0 saturated carbocycles. The van der Waals surface area contributed by atoms with Gasteiger partial charge in [0.15, 0.2) is 0 Å². The number of carbonyl (C=O) groups is 1. The zero-order valence-corrected chi connectivity index (χ0v) is 11.5. The van der Waals surface area contributed by atoms with Crippen LogP contribution < -0.4 is 0 Å². The van der Waals surface area contributed by atoms with Crippen molar-refractivity contribution in [2.45, 2.75) is 39.2 Å². The molecule has 0 radical (unpaired) electrons. The lowest BCUT2D eigenvalue weighted by Gasteiger charge is -2.24. The third kappa shape index (κ3) is 3.50. The molecule has 0 aliphatic carbocycles.